The summed E-state index contributed by atoms with van der Waals surface area (Å²) in [6.45, 7) is 1.73. The Morgan fingerprint density at radius 3 is 2.26 bits per heavy atom. The lowest BCUT2D eigenvalue weighted by Crippen LogP contribution is -2.38. The molecule has 2 atom stereocenters. The number of nitrogens with zero attached hydrogens (tertiary/aromatic N) is 1. The molecule has 1 aliphatic carbocycles. The van der Waals surface area contributed by atoms with Gasteiger partial charge in [0.15, 0.2) is 5.78 Å². The third-order valence-electron chi connectivity index (χ3n) is 7.20. The van der Waals surface area contributed by atoms with Gasteiger partial charge in [-0.1, -0.05) is 43.3 Å². The van der Waals surface area contributed by atoms with E-state index >= 15 is 0 Å². The van der Waals surface area contributed by atoms with E-state index < -0.39 is 17.8 Å². The number of halogens is 3. The van der Waals surface area contributed by atoms with Gasteiger partial charge in [-0.25, -0.2) is 0 Å². The predicted octanol–water partition coefficient (Wildman–Crippen LogP) is 7.02. The minimum absolute atomic E-state index is 0.103. The molecule has 5 nitrogen and oxygen atoms in total. The Morgan fingerprint density at radius 2 is 1.63 bits per heavy atom. The number of alkyl halides is 3. The second kappa shape index (κ2) is 10.0. The number of rotatable bonds is 4. The van der Waals surface area contributed by atoms with Gasteiger partial charge < -0.3 is 10.1 Å². The minimum atomic E-state index is -4.49. The highest BCUT2D eigenvalue weighted by Crippen LogP contribution is 2.48. The topological polar surface area (TPSA) is 58.6 Å². The lowest BCUT2D eigenvalue weighted by molar-refractivity contribution is -0.137. The molecule has 5 rings (SSSR count). The van der Waals surface area contributed by atoms with Gasteiger partial charge in [0.05, 0.1) is 30.1 Å². The number of anilines is 2. The summed E-state index contributed by atoms with van der Waals surface area (Å²) in [5, 5.41) is 3.42. The molecular weight excluding hydrogens is 493 g/mol. The number of carbonyl (C=O) groups is 2. The molecule has 3 aromatic carbocycles. The van der Waals surface area contributed by atoms with Crippen LogP contribution in [-0.2, 0) is 15.8 Å². The Kier molecular flexibility index (Phi) is 6.73. The highest BCUT2D eigenvalue weighted by Gasteiger charge is 2.41. The van der Waals surface area contributed by atoms with Crippen molar-refractivity contribution in [2.75, 3.05) is 17.3 Å². The maximum atomic E-state index is 13.9. The molecule has 1 N–H and O–H groups in total. The van der Waals surface area contributed by atoms with Gasteiger partial charge in [0.25, 0.3) is 0 Å². The van der Waals surface area contributed by atoms with Crippen LogP contribution in [0.4, 0.5) is 24.5 Å². The summed E-state index contributed by atoms with van der Waals surface area (Å²) in [4.78, 5) is 28.8. The number of Topliss-reactive ketones (excluding diaryl/α,β-unsaturated/α-hetero) is 1. The second-order valence-corrected chi connectivity index (χ2v) is 9.48. The number of nitrogens with one attached hydrogen (secondary N) is 1. The van der Waals surface area contributed by atoms with E-state index in [1.165, 1.54) is 12.1 Å². The normalized spacial score (nSPS) is 19.3. The Bertz CT molecular complexity index is 1400. The van der Waals surface area contributed by atoms with Crippen LogP contribution in [0.25, 0.3) is 0 Å². The smallest absolute Gasteiger partial charge is 0.416 e. The van der Waals surface area contributed by atoms with Crippen molar-refractivity contribution in [1.29, 1.82) is 0 Å². The van der Waals surface area contributed by atoms with E-state index in [9.17, 15) is 22.8 Å². The number of para-hydroxylation sites is 2. The van der Waals surface area contributed by atoms with Crippen LogP contribution < -0.4 is 15.0 Å². The molecule has 1 amide bonds. The largest absolute Gasteiger partial charge is 0.497 e. The number of hydrogen-bond donors (Lipinski definition) is 1. The SMILES string of the molecule is CCC(=O)N1c2ccccc2NC2=C(C(=O)CC(c3ccc(OC)cc3)C2)C1c1ccc(C(F)(F)F)cc1. The zero-order valence-electron chi connectivity index (χ0n) is 21.0. The number of methoxy groups -OCH3 is 1. The van der Waals surface area contributed by atoms with Gasteiger partial charge in [-0.15, -0.1) is 0 Å². The summed E-state index contributed by atoms with van der Waals surface area (Å²) in [7, 11) is 1.59. The molecule has 0 saturated heterocycles. The lowest BCUT2D eigenvalue weighted by Gasteiger charge is -2.35. The number of benzene rings is 3. The highest BCUT2D eigenvalue weighted by atomic mass is 19.4. The molecular formula is C30H27F3N2O3. The molecule has 38 heavy (non-hydrogen) atoms. The zero-order valence-corrected chi connectivity index (χ0v) is 21.0. The Balaban J connectivity index is 1.66. The number of fused-ring (bicyclic) bond motifs is 1. The van der Waals surface area contributed by atoms with E-state index in [4.69, 9.17) is 4.74 Å². The van der Waals surface area contributed by atoms with Crippen LogP contribution in [-0.4, -0.2) is 18.8 Å². The van der Waals surface area contributed by atoms with Crippen LogP contribution in [0.5, 0.6) is 5.75 Å². The van der Waals surface area contributed by atoms with Gasteiger partial charge in [-0.05, 0) is 59.9 Å². The van der Waals surface area contributed by atoms with Crippen LogP contribution in [0.15, 0.2) is 84.1 Å². The van der Waals surface area contributed by atoms with Crippen molar-refractivity contribution in [3.63, 3.8) is 0 Å². The first-order valence-electron chi connectivity index (χ1n) is 12.5. The Labute approximate surface area is 218 Å². The summed E-state index contributed by atoms with van der Waals surface area (Å²) in [5.41, 5.74) is 2.97. The predicted molar refractivity (Wildman–Crippen MR) is 139 cm³/mol. The molecule has 2 unspecified atom stereocenters. The van der Waals surface area contributed by atoms with E-state index in [1.54, 1.807) is 31.1 Å². The number of ketones is 1. The fourth-order valence-corrected chi connectivity index (χ4v) is 5.32. The molecule has 0 saturated carbocycles. The monoisotopic (exact) mass is 520 g/mol. The molecule has 3 aromatic rings. The average molecular weight is 521 g/mol. The van der Waals surface area contributed by atoms with Crippen LogP contribution >= 0.6 is 0 Å². The third-order valence-corrected chi connectivity index (χ3v) is 7.20. The van der Waals surface area contributed by atoms with Crippen LogP contribution in [0.1, 0.15) is 54.8 Å². The van der Waals surface area contributed by atoms with Gasteiger partial charge in [0.2, 0.25) is 5.91 Å². The fourth-order valence-electron chi connectivity index (χ4n) is 5.32. The van der Waals surface area contributed by atoms with E-state index in [0.29, 0.717) is 40.4 Å². The molecule has 0 fully saturated rings. The molecule has 196 valence electrons. The standard InChI is InChI=1S/C30H27F3N2O3/c1-3-27(37)35-25-7-5-4-6-23(25)34-24-16-20(18-10-14-22(38-2)15-11-18)17-26(36)28(24)29(35)19-8-12-21(13-9-19)30(31,32)33/h4-15,20,29,34H,3,16-17H2,1-2H3. The number of allylic oxidation sites excluding steroid dienone is 1. The lowest BCUT2D eigenvalue weighted by atomic mass is 9.78. The summed E-state index contributed by atoms with van der Waals surface area (Å²) in [6, 6.07) is 18.7. The summed E-state index contributed by atoms with van der Waals surface area (Å²) >= 11 is 0. The molecule has 2 aliphatic rings. The maximum absolute atomic E-state index is 13.9. The summed E-state index contributed by atoms with van der Waals surface area (Å²) in [5.74, 6) is 0.232. The number of hydrogen-bond acceptors (Lipinski definition) is 4. The molecule has 0 radical (unpaired) electrons. The zero-order chi connectivity index (χ0) is 27.0. The number of amides is 1. The van der Waals surface area contributed by atoms with Gasteiger partial charge in [-0.3, -0.25) is 14.5 Å². The van der Waals surface area contributed by atoms with Gasteiger partial charge in [-0.2, -0.15) is 13.2 Å². The quantitative estimate of drug-likeness (QED) is 0.402. The molecule has 8 heteroatoms. The first kappa shape index (κ1) is 25.6. The second-order valence-electron chi connectivity index (χ2n) is 9.48. The number of ether oxygens (including phenoxy) is 1. The van der Waals surface area contributed by atoms with E-state index in [2.05, 4.69) is 5.32 Å². The first-order valence-corrected chi connectivity index (χ1v) is 12.5. The van der Waals surface area contributed by atoms with Crippen LogP contribution in [0, 0.1) is 0 Å². The number of carbonyl (C=O) groups excluding carboxylic acids is 2. The fraction of sp³-hybridized carbons (Fsp3) is 0.267. The Hall–Kier alpha value is -4.07. The first-order chi connectivity index (χ1) is 18.2. The minimum Gasteiger partial charge on any atom is -0.497 e. The van der Waals surface area contributed by atoms with Gasteiger partial charge in [0.1, 0.15) is 5.75 Å². The van der Waals surface area contributed by atoms with Crippen LogP contribution in [0.3, 0.4) is 0 Å². The van der Waals surface area contributed by atoms with Gasteiger partial charge in [0, 0.05) is 24.1 Å². The van der Waals surface area contributed by atoms with Crippen molar-refractivity contribution in [3.8, 4) is 5.75 Å². The molecule has 0 spiro atoms. The molecule has 0 bridgehead atoms. The molecule has 1 aliphatic heterocycles. The van der Waals surface area contributed by atoms with E-state index in [1.807, 2.05) is 36.4 Å². The van der Waals surface area contributed by atoms with Crippen molar-refractivity contribution >= 4 is 23.1 Å². The van der Waals surface area contributed by atoms with Crippen molar-refractivity contribution in [3.05, 3.63) is 101 Å². The molecule has 0 aromatic heterocycles. The van der Waals surface area contributed by atoms with Crippen LogP contribution in [0.2, 0.25) is 0 Å². The summed E-state index contributed by atoms with van der Waals surface area (Å²) < 4.78 is 45.2. The average Bonchev–Trinajstić information content (AvgIpc) is 3.07. The molecule has 1 heterocycles. The summed E-state index contributed by atoms with van der Waals surface area (Å²) in [6.07, 6.45) is -3.61. The third kappa shape index (κ3) is 4.66. The van der Waals surface area contributed by atoms with E-state index in [0.717, 1.165) is 17.7 Å². The van der Waals surface area contributed by atoms with Crippen molar-refractivity contribution in [2.45, 2.75) is 44.3 Å². The van der Waals surface area contributed by atoms with Gasteiger partial charge >= 0.3 is 6.18 Å². The maximum Gasteiger partial charge on any atom is 0.416 e. The highest BCUT2D eigenvalue weighted by molar-refractivity contribution is 6.06. The van der Waals surface area contributed by atoms with Crippen molar-refractivity contribution in [1.82, 2.24) is 0 Å². The Morgan fingerprint density at radius 1 is 0.974 bits per heavy atom. The van der Waals surface area contributed by atoms with Crippen molar-refractivity contribution < 1.29 is 27.5 Å². The van der Waals surface area contributed by atoms with Crippen molar-refractivity contribution in [2.24, 2.45) is 0 Å². The van der Waals surface area contributed by atoms with E-state index in [-0.39, 0.29) is 30.4 Å².